The average molecular weight is 413 g/mol. The highest BCUT2D eigenvalue weighted by atomic mass is 32.2. The van der Waals surface area contributed by atoms with E-state index in [-0.39, 0.29) is 23.8 Å². The number of nitriles is 1. The van der Waals surface area contributed by atoms with Gasteiger partial charge in [0.05, 0.1) is 12.0 Å². The maximum absolute atomic E-state index is 13.0. The third-order valence-corrected chi connectivity index (χ3v) is 6.33. The molecule has 1 aromatic heterocycles. The average Bonchev–Trinajstić information content (AvgIpc) is 3.08. The van der Waals surface area contributed by atoms with Crippen molar-refractivity contribution in [3.63, 3.8) is 0 Å². The van der Waals surface area contributed by atoms with E-state index in [1.807, 2.05) is 48.2 Å². The van der Waals surface area contributed by atoms with E-state index in [0.29, 0.717) is 12.1 Å². The van der Waals surface area contributed by atoms with Crippen LogP contribution in [0.5, 0.6) is 0 Å². The number of carbonyl (C=O) groups is 2. The van der Waals surface area contributed by atoms with E-state index in [9.17, 15) is 14.9 Å². The molecule has 0 aliphatic heterocycles. The zero-order valence-corrected chi connectivity index (χ0v) is 17.8. The Morgan fingerprint density at radius 2 is 2.07 bits per heavy atom. The molecule has 1 aromatic carbocycles. The van der Waals surface area contributed by atoms with Crippen LogP contribution in [0.3, 0.4) is 0 Å². The second-order valence-corrected chi connectivity index (χ2v) is 8.58. The molecule has 1 heterocycles. The summed E-state index contributed by atoms with van der Waals surface area (Å²) in [6.45, 7) is 0. The van der Waals surface area contributed by atoms with E-state index in [4.69, 9.17) is 0 Å². The zero-order chi connectivity index (χ0) is 20.8. The lowest BCUT2D eigenvalue weighted by Crippen LogP contribution is -2.50. The molecule has 1 saturated carbocycles. The van der Waals surface area contributed by atoms with Gasteiger partial charge in [-0.3, -0.25) is 9.59 Å². The molecule has 3 atom stereocenters. The Morgan fingerprint density at radius 3 is 2.79 bits per heavy atom. The summed E-state index contributed by atoms with van der Waals surface area (Å²) in [6, 6.07) is 11.2. The van der Waals surface area contributed by atoms with Crippen molar-refractivity contribution in [2.45, 2.75) is 44.2 Å². The van der Waals surface area contributed by atoms with Crippen molar-refractivity contribution in [3.8, 4) is 6.07 Å². The molecule has 2 amide bonds. The number of para-hydroxylation sites is 1. The minimum absolute atomic E-state index is 0.125. The first-order valence-corrected chi connectivity index (χ1v) is 11.5. The first kappa shape index (κ1) is 21.3. The monoisotopic (exact) mass is 412 g/mol. The largest absolute Gasteiger partial charge is 0.347 e. The summed E-state index contributed by atoms with van der Waals surface area (Å²) in [6.07, 6.45) is 6.06. The molecule has 154 valence electrons. The van der Waals surface area contributed by atoms with Crippen LogP contribution in [-0.2, 0) is 11.8 Å². The van der Waals surface area contributed by atoms with Crippen LogP contribution in [0.4, 0.5) is 0 Å². The number of nitrogens with zero attached hydrogens (tertiary/aromatic N) is 2. The number of fused-ring (bicyclic) bond motifs is 1. The molecule has 6 nitrogen and oxygen atoms in total. The van der Waals surface area contributed by atoms with Crippen LogP contribution < -0.4 is 10.6 Å². The number of aryl methyl sites for hydroxylation is 1. The molecule has 0 radical (unpaired) electrons. The van der Waals surface area contributed by atoms with Gasteiger partial charge in [0.25, 0.3) is 5.91 Å². The number of amides is 2. The van der Waals surface area contributed by atoms with Crippen molar-refractivity contribution < 1.29 is 9.59 Å². The predicted molar refractivity (Wildman–Crippen MR) is 117 cm³/mol. The van der Waals surface area contributed by atoms with E-state index >= 15 is 0 Å². The van der Waals surface area contributed by atoms with Crippen LogP contribution >= 0.6 is 11.8 Å². The van der Waals surface area contributed by atoms with Crippen LogP contribution in [0.1, 0.15) is 42.6 Å². The Hall–Kier alpha value is -2.46. The summed E-state index contributed by atoms with van der Waals surface area (Å²) in [4.78, 5) is 25.8. The number of carbonyl (C=O) groups excluding carboxylic acids is 2. The molecular formula is C22H28N4O2S. The van der Waals surface area contributed by atoms with Crippen molar-refractivity contribution >= 4 is 34.5 Å². The standard InChI is InChI=1S/C22H28N4O2S/c1-26-19-10-6-3-7-15(19)13-20(26)22(28)25-18-9-5-4-8-17(18)21(27)24-16(14-23)11-12-29-2/h3,6-7,10,13,16-18H,4-5,8-9,11-12H2,1-2H3,(H,24,27)(H,25,28). The SMILES string of the molecule is CSCCC(C#N)NC(=O)C1CCCCC1NC(=O)c1cc2ccccc2n1C. The predicted octanol–water partition coefficient (Wildman–Crippen LogP) is 3.23. The van der Waals surface area contributed by atoms with E-state index in [1.165, 1.54) is 0 Å². The van der Waals surface area contributed by atoms with E-state index in [1.54, 1.807) is 11.8 Å². The Balaban J connectivity index is 1.70. The van der Waals surface area contributed by atoms with Gasteiger partial charge in [-0.2, -0.15) is 17.0 Å². The van der Waals surface area contributed by atoms with Gasteiger partial charge in [-0.1, -0.05) is 31.0 Å². The number of aromatic nitrogens is 1. The van der Waals surface area contributed by atoms with Crippen LogP contribution in [-0.4, -0.2) is 40.5 Å². The van der Waals surface area contributed by atoms with Crippen molar-refractivity contribution in [3.05, 3.63) is 36.0 Å². The minimum Gasteiger partial charge on any atom is -0.347 e. The van der Waals surface area contributed by atoms with E-state index < -0.39 is 6.04 Å². The first-order valence-electron chi connectivity index (χ1n) is 10.1. The molecule has 0 saturated heterocycles. The summed E-state index contributed by atoms with van der Waals surface area (Å²) in [5.74, 6) is 0.240. The fourth-order valence-electron chi connectivity index (χ4n) is 4.05. The molecule has 1 aliphatic carbocycles. The normalized spacial score (nSPS) is 20.0. The summed E-state index contributed by atoms with van der Waals surface area (Å²) in [7, 11) is 1.88. The van der Waals surface area contributed by atoms with Crippen LogP contribution in [0.2, 0.25) is 0 Å². The maximum atomic E-state index is 13.0. The molecule has 1 aliphatic rings. The Bertz CT molecular complexity index is 917. The summed E-state index contributed by atoms with van der Waals surface area (Å²) < 4.78 is 1.89. The first-order chi connectivity index (χ1) is 14.0. The zero-order valence-electron chi connectivity index (χ0n) is 17.0. The van der Waals surface area contributed by atoms with E-state index in [2.05, 4.69) is 16.7 Å². The molecule has 0 bridgehead atoms. The number of rotatable bonds is 7. The second kappa shape index (κ2) is 9.84. The van der Waals surface area contributed by atoms with Gasteiger partial charge in [0.2, 0.25) is 5.91 Å². The van der Waals surface area contributed by atoms with Gasteiger partial charge in [0, 0.05) is 24.0 Å². The van der Waals surface area contributed by atoms with Gasteiger partial charge in [0.1, 0.15) is 11.7 Å². The lowest BCUT2D eigenvalue weighted by Gasteiger charge is -2.31. The fraction of sp³-hybridized carbons (Fsp3) is 0.500. The topological polar surface area (TPSA) is 86.9 Å². The molecule has 2 N–H and O–H groups in total. The third-order valence-electron chi connectivity index (χ3n) is 5.69. The number of thioether (sulfide) groups is 1. The van der Waals surface area contributed by atoms with Crippen molar-refractivity contribution in [1.82, 2.24) is 15.2 Å². The molecule has 1 fully saturated rings. The lowest BCUT2D eigenvalue weighted by atomic mass is 9.83. The van der Waals surface area contributed by atoms with Crippen LogP contribution in [0.25, 0.3) is 10.9 Å². The molecule has 7 heteroatoms. The van der Waals surface area contributed by atoms with Crippen molar-refractivity contribution in [2.24, 2.45) is 13.0 Å². The Kier molecular flexibility index (Phi) is 7.21. The van der Waals surface area contributed by atoms with Gasteiger partial charge >= 0.3 is 0 Å². The number of nitrogens with one attached hydrogen (secondary N) is 2. The molecule has 2 aromatic rings. The third kappa shape index (κ3) is 4.94. The highest BCUT2D eigenvalue weighted by molar-refractivity contribution is 7.98. The summed E-state index contributed by atoms with van der Waals surface area (Å²) in [5, 5.41) is 16.3. The van der Waals surface area contributed by atoms with Crippen molar-refractivity contribution in [1.29, 1.82) is 5.26 Å². The molecule has 3 unspecified atom stereocenters. The van der Waals surface area contributed by atoms with Gasteiger partial charge < -0.3 is 15.2 Å². The van der Waals surface area contributed by atoms with Gasteiger partial charge in [0.15, 0.2) is 0 Å². The van der Waals surface area contributed by atoms with Crippen LogP contribution in [0, 0.1) is 17.2 Å². The molecule has 29 heavy (non-hydrogen) atoms. The van der Waals surface area contributed by atoms with Crippen molar-refractivity contribution in [2.75, 3.05) is 12.0 Å². The quantitative estimate of drug-likeness (QED) is 0.731. The van der Waals surface area contributed by atoms with E-state index in [0.717, 1.165) is 42.3 Å². The number of hydrogen-bond acceptors (Lipinski definition) is 4. The fourth-order valence-corrected chi connectivity index (χ4v) is 4.52. The summed E-state index contributed by atoms with van der Waals surface area (Å²) >= 11 is 1.66. The molecular weight excluding hydrogens is 384 g/mol. The summed E-state index contributed by atoms with van der Waals surface area (Å²) in [5.41, 5.74) is 1.59. The second-order valence-electron chi connectivity index (χ2n) is 7.59. The smallest absolute Gasteiger partial charge is 0.268 e. The van der Waals surface area contributed by atoms with Gasteiger partial charge in [-0.25, -0.2) is 0 Å². The van der Waals surface area contributed by atoms with Gasteiger partial charge in [-0.15, -0.1) is 0 Å². The number of hydrogen-bond donors (Lipinski definition) is 2. The molecule has 0 spiro atoms. The Labute approximate surface area is 176 Å². The highest BCUT2D eigenvalue weighted by Gasteiger charge is 2.33. The Morgan fingerprint density at radius 1 is 1.31 bits per heavy atom. The molecule has 3 rings (SSSR count). The maximum Gasteiger partial charge on any atom is 0.268 e. The van der Waals surface area contributed by atoms with Gasteiger partial charge in [-0.05, 0) is 43.4 Å². The highest BCUT2D eigenvalue weighted by Crippen LogP contribution is 2.26. The lowest BCUT2D eigenvalue weighted by molar-refractivity contribution is -0.127. The number of benzene rings is 1. The van der Waals surface area contributed by atoms with Crippen LogP contribution in [0.15, 0.2) is 30.3 Å². The minimum atomic E-state index is -0.480.